The van der Waals surface area contributed by atoms with Crippen LogP contribution in [0.3, 0.4) is 0 Å². The van der Waals surface area contributed by atoms with Crippen LogP contribution in [0.5, 0.6) is 0 Å². The number of aliphatic hydroxyl groups excluding tert-OH is 4. The molecule has 0 aromatic carbocycles. The number of ether oxygens (including phenoxy) is 4. The fourth-order valence-electron chi connectivity index (χ4n) is 7.01. The third-order valence-electron chi connectivity index (χ3n) is 10.7. The van der Waals surface area contributed by atoms with Gasteiger partial charge in [-0.25, -0.2) is 0 Å². The molecule has 1 rings (SSSR count). The van der Waals surface area contributed by atoms with Gasteiger partial charge in [-0.3, -0.25) is 9.59 Å². The number of carbonyl (C=O) groups excluding carboxylic acids is 2. The van der Waals surface area contributed by atoms with Crippen LogP contribution < -0.4 is 0 Å². The Kier molecular flexibility index (Phi) is 34.4. The molecule has 0 saturated carbocycles. The Balaban J connectivity index is 2.32. The molecule has 6 unspecified atom stereocenters. The summed E-state index contributed by atoms with van der Waals surface area (Å²) in [5.41, 5.74) is 0. The lowest BCUT2D eigenvalue weighted by Crippen LogP contribution is -2.59. The van der Waals surface area contributed by atoms with Crippen molar-refractivity contribution in [3.8, 4) is 0 Å². The number of unbranched alkanes of at least 4 members (excludes halogenated alkanes) is 25. The molecule has 1 saturated heterocycles. The summed E-state index contributed by atoms with van der Waals surface area (Å²) < 4.78 is 22.2. The highest BCUT2D eigenvalue weighted by Gasteiger charge is 2.44. The van der Waals surface area contributed by atoms with Gasteiger partial charge >= 0.3 is 11.9 Å². The standard InChI is InChI=1S/C45H84O10/c1-3-5-7-9-11-13-15-17-19-20-22-24-26-28-30-32-34-41(48)54-38(37-53-45-44(51)43(50)42(49)39(35-46)55-45)36-52-40(47)33-31-29-27-25-23-21-18-16-14-12-10-8-6-4-2/h19-20,38-39,42-46,49-51H,3-18,21-37H2,1-2H3/b20-19-. The average molecular weight is 785 g/mol. The lowest BCUT2D eigenvalue weighted by atomic mass is 9.99. The second-order valence-corrected chi connectivity index (χ2v) is 15.9. The van der Waals surface area contributed by atoms with E-state index in [9.17, 15) is 30.0 Å². The molecule has 0 aromatic rings. The van der Waals surface area contributed by atoms with Crippen LogP contribution in [-0.2, 0) is 28.5 Å². The van der Waals surface area contributed by atoms with E-state index in [4.69, 9.17) is 18.9 Å². The fraction of sp³-hybridized carbons (Fsp3) is 0.911. The molecule has 1 aliphatic heterocycles. The molecule has 0 amide bonds. The van der Waals surface area contributed by atoms with E-state index in [0.29, 0.717) is 6.42 Å². The molecule has 6 atom stereocenters. The number of hydrogen-bond acceptors (Lipinski definition) is 10. The number of esters is 2. The molecule has 1 heterocycles. The van der Waals surface area contributed by atoms with Gasteiger partial charge in [0.1, 0.15) is 31.0 Å². The zero-order valence-corrected chi connectivity index (χ0v) is 35.2. The van der Waals surface area contributed by atoms with Crippen molar-refractivity contribution >= 4 is 11.9 Å². The van der Waals surface area contributed by atoms with E-state index in [-0.39, 0.29) is 32.0 Å². The first kappa shape index (κ1) is 51.5. The second-order valence-electron chi connectivity index (χ2n) is 15.9. The summed E-state index contributed by atoms with van der Waals surface area (Å²) in [6, 6.07) is 0. The van der Waals surface area contributed by atoms with E-state index in [2.05, 4.69) is 26.0 Å². The lowest BCUT2D eigenvalue weighted by Gasteiger charge is -2.39. The Morgan fingerprint density at radius 3 is 1.42 bits per heavy atom. The molecule has 0 radical (unpaired) electrons. The van der Waals surface area contributed by atoms with Gasteiger partial charge in [-0.2, -0.15) is 0 Å². The predicted molar refractivity (Wildman–Crippen MR) is 220 cm³/mol. The van der Waals surface area contributed by atoms with Gasteiger partial charge in [0, 0.05) is 12.8 Å². The first-order chi connectivity index (χ1) is 26.8. The number of carbonyl (C=O) groups is 2. The van der Waals surface area contributed by atoms with Crippen LogP contribution in [0.4, 0.5) is 0 Å². The van der Waals surface area contributed by atoms with Crippen molar-refractivity contribution in [3.05, 3.63) is 12.2 Å². The minimum Gasteiger partial charge on any atom is -0.462 e. The highest BCUT2D eigenvalue weighted by atomic mass is 16.7. The van der Waals surface area contributed by atoms with Crippen LogP contribution in [0.1, 0.15) is 206 Å². The van der Waals surface area contributed by atoms with E-state index in [1.165, 1.54) is 122 Å². The van der Waals surface area contributed by atoms with Crippen LogP contribution in [0.25, 0.3) is 0 Å². The molecule has 1 fully saturated rings. The minimum absolute atomic E-state index is 0.215. The molecule has 0 aliphatic carbocycles. The summed E-state index contributed by atoms with van der Waals surface area (Å²) >= 11 is 0. The third kappa shape index (κ3) is 28.5. The average Bonchev–Trinajstić information content (AvgIpc) is 3.18. The van der Waals surface area contributed by atoms with Crippen molar-refractivity contribution in [2.45, 2.75) is 243 Å². The molecule has 10 heteroatoms. The number of rotatable bonds is 38. The highest BCUT2D eigenvalue weighted by Crippen LogP contribution is 2.23. The maximum Gasteiger partial charge on any atom is 0.306 e. The Bertz CT molecular complexity index is 912. The molecule has 324 valence electrons. The lowest BCUT2D eigenvalue weighted by molar-refractivity contribution is -0.305. The van der Waals surface area contributed by atoms with Crippen LogP contribution in [0.15, 0.2) is 12.2 Å². The summed E-state index contributed by atoms with van der Waals surface area (Å²) in [6.45, 7) is 3.43. The largest absolute Gasteiger partial charge is 0.462 e. The van der Waals surface area contributed by atoms with Gasteiger partial charge in [0.25, 0.3) is 0 Å². The maximum atomic E-state index is 12.8. The van der Waals surface area contributed by atoms with Crippen LogP contribution >= 0.6 is 0 Å². The number of allylic oxidation sites excluding steroid dienone is 2. The SMILES string of the molecule is CCCCCCCCC/C=C\CCCCCCCC(=O)OC(COC(=O)CCCCCCCCCCCCCCCC)COC1OC(CO)C(O)C(O)C1O. The zero-order valence-electron chi connectivity index (χ0n) is 35.2. The predicted octanol–water partition coefficient (Wildman–Crippen LogP) is 9.56. The Morgan fingerprint density at radius 1 is 0.545 bits per heavy atom. The van der Waals surface area contributed by atoms with E-state index in [0.717, 1.165) is 51.4 Å². The van der Waals surface area contributed by atoms with E-state index >= 15 is 0 Å². The van der Waals surface area contributed by atoms with E-state index in [1.54, 1.807) is 0 Å². The van der Waals surface area contributed by atoms with Gasteiger partial charge in [0.15, 0.2) is 12.4 Å². The van der Waals surface area contributed by atoms with Crippen molar-refractivity contribution in [2.24, 2.45) is 0 Å². The third-order valence-corrected chi connectivity index (χ3v) is 10.7. The monoisotopic (exact) mass is 785 g/mol. The van der Waals surface area contributed by atoms with E-state index in [1.807, 2.05) is 0 Å². The van der Waals surface area contributed by atoms with Gasteiger partial charge in [0.2, 0.25) is 0 Å². The van der Waals surface area contributed by atoms with Crippen LogP contribution in [-0.4, -0.2) is 89.0 Å². The topological polar surface area (TPSA) is 152 Å². The maximum absolute atomic E-state index is 12.8. The molecule has 0 spiro atoms. The summed E-state index contributed by atoms with van der Waals surface area (Å²) in [6.07, 6.45) is 30.7. The zero-order chi connectivity index (χ0) is 40.2. The van der Waals surface area contributed by atoms with Crippen LogP contribution in [0.2, 0.25) is 0 Å². The van der Waals surface area contributed by atoms with Crippen LogP contribution in [0, 0.1) is 0 Å². The van der Waals surface area contributed by atoms with Crippen molar-refractivity contribution < 1.29 is 49.0 Å². The van der Waals surface area contributed by atoms with Crippen molar-refractivity contribution in [1.29, 1.82) is 0 Å². The highest BCUT2D eigenvalue weighted by molar-refractivity contribution is 5.70. The summed E-state index contributed by atoms with van der Waals surface area (Å²) in [5, 5.41) is 40.1. The van der Waals surface area contributed by atoms with Gasteiger partial charge in [-0.05, 0) is 38.5 Å². The summed E-state index contributed by atoms with van der Waals surface area (Å²) in [4.78, 5) is 25.3. The Morgan fingerprint density at radius 2 is 0.964 bits per heavy atom. The molecule has 4 N–H and O–H groups in total. The van der Waals surface area contributed by atoms with Gasteiger partial charge in [0.05, 0.1) is 13.2 Å². The first-order valence-corrected chi connectivity index (χ1v) is 22.8. The van der Waals surface area contributed by atoms with Gasteiger partial charge in [-0.1, -0.05) is 167 Å². The Labute approximate surface area is 335 Å². The normalized spacial score (nSPS) is 20.6. The number of aliphatic hydroxyl groups is 4. The fourth-order valence-corrected chi connectivity index (χ4v) is 7.01. The first-order valence-electron chi connectivity index (χ1n) is 22.8. The Hall–Kier alpha value is -1.56. The van der Waals surface area contributed by atoms with Crippen molar-refractivity contribution in [3.63, 3.8) is 0 Å². The number of hydrogen-bond donors (Lipinski definition) is 4. The van der Waals surface area contributed by atoms with Gasteiger partial charge in [-0.15, -0.1) is 0 Å². The van der Waals surface area contributed by atoms with Crippen molar-refractivity contribution in [1.82, 2.24) is 0 Å². The molecule has 10 nitrogen and oxygen atoms in total. The molecular weight excluding hydrogens is 700 g/mol. The van der Waals surface area contributed by atoms with Crippen molar-refractivity contribution in [2.75, 3.05) is 19.8 Å². The van der Waals surface area contributed by atoms with Gasteiger partial charge < -0.3 is 39.4 Å². The molecule has 55 heavy (non-hydrogen) atoms. The molecular formula is C45H84O10. The smallest absolute Gasteiger partial charge is 0.306 e. The molecule has 1 aliphatic rings. The summed E-state index contributed by atoms with van der Waals surface area (Å²) in [5.74, 6) is -0.806. The molecule has 0 bridgehead atoms. The molecule has 0 aromatic heterocycles. The quantitative estimate of drug-likeness (QED) is 0.0271. The summed E-state index contributed by atoms with van der Waals surface area (Å²) in [7, 11) is 0. The minimum atomic E-state index is -1.59. The van der Waals surface area contributed by atoms with E-state index < -0.39 is 49.4 Å². The second kappa shape index (κ2) is 36.8.